The van der Waals surface area contributed by atoms with Gasteiger partial charge in [-0.2, -0.15) is 0 Å². The lowest BCUT2D eigenvalue weighted by Crippen LogP contribution is -2.61. The van der Waals surface area contributed by atoms with E-state index in [0.717, 1.165) is 59.4 Å². The van der Waals surface area contributed by atoms with Crippen LogP contribution in [0, 0.1) is 0 Å². The van der Waals surface area contributed by atoms with Crippen LogP contribution in [0.3, 0.4) is 0 Å². The molecule has 1 aromatic heterocycles. The number of hydrogen-bond donors (Lipinski definition) is 0. The molecule has 1 atom stereocenters. The number of nitrogens with zero attached hydrogens (tertiary/aromatic N) is 4. The molecule has 3 heterocycles. The third-order valence-corrected chi connectivity index (χ3v) is 7.07. The number of benzene rings is 1. The highest BCUT2D eigenvalue weighted by Crippen LogP contribution is 2.37. The van der Waals surface area contributed by atoms with E-state index in [1.54, 1.807) is 11.3 Å². The molecule has 1 spiro atoms. The van der Waals surface area contributed by atoms with Crippen LogP contribution in [0.15, 0.2) is 18.2 Å². The Hall–Kier alpha value is -1.37. The number of carbonyl (C=O) groups is 1. The Morgan fingerprint density at radius 1 is 1.20 bits per heavy atom. The Morgan fingerprint density at radius 3 is 2.88 bits per heavy atom. The molecule has 0 aliphatic carbocycles. The average molecular weight is 379 g/mol. The molecule has 134 valence electrons. The highest BCUT2D eigenvalue weighted by Gasteiger charge is 2.42. The molecule has 0 radical (unpaired) electrons. The van der Waals surface area contributed by atoms with E-state index >= 15 is 0 Å². The van der Waals surface area contributed by atoms with Gasteiger partial charge < -0.3 is 9.80 Å². The van der Waals surface area contributed by atoms with E-state index in [9.17, 15) is 4.79 Å². The molecule has 2 fully saturated rings. The molecule has 1 aromatic carbocycles. The molecule has 2 aliphatic heterocycles. The highest BCUT2D eigenvalue weighted by atomic mass is 35.5. The summed E-state index contributed by atoms with van der Waals surface area (Å²) in [6.07, 6.45) is 2.56. The van der Waals surface area contributed by atoms with Crippen LogP contribution in [-0.4, -0.2) is 66.5 Å². The van der Waals surface area contributed by atoms with Crippen molar-refractivity contribution in [2.24, 2.45) is 0 Å². The van der Waals surface area contributed by atoms with Crippen molar-refractivity contribution in [3.63, 3.8) is 0 Å². The maximum atomic E-state index is 12.1. The summed E-state index contributed by atoms with van der Waals surface area (Å²) in [6.45, 7) is 3.72. The summed E-state index contributed by atoms with van der Waals surface area (Å²) in [5.41, 5.74) is 1.06. The number of thiazole rings is 1. The number of likely N-dealkylation sites (tertiary alicyclic amines) is 1. The Labute approximate surface area is 157 Å². The number of piperazine rings is 1. The number of aromatic nitrogens is 1. The zero-order chi connectivity index (χ0) is 17.6. The molecule has 5 nitrogen and oxygen atoms in total. The first-order valence-corrected chi connectivity index (χ1v) is 9.93. The molecular weight excluding hydrogens is 356 g/mol. The van der Waals surface area contributed by atoms with E-state index in [2.05, 4.69) is 16.8 Å². The summed E-state index contributed by atoms with van der Waals surface area (Å²) in [6, 6.07) is 5.87. The van der Waals surface area contributed by atoms with Crippen molar-refractivity contribution in [3.8, 4) is 0 Å². The van der Waals surface area contributed by atoms with Gasteiger partial charge in [-0.3, -0.25) is 9.69 Å². The predicted octanol–water partition coefficient (Wildman–Crippen LogP) is 3.08. The maximum Gasteiger partial charge on any atom is 0.222 e. The van der Waals surface area contributed by atoms with Crippen molar-refractivity contribution >= 4 is 44.2 Å². The van der Waals surface area contributed by atoms with Gasteiger partial charge >= 0.3 is 0 Å². The van der Waals surface area contributed by atoms with Gasteiger partial charge in [0, 0.05) is 50.2 Å². The number of amides is 1. The number of hydrogen-bond acceptors (Lipinski definition) is 5. The van der Waals surface area contributed by atoms with Crippen LogP contribution in [-0.2, 0) is 4.79 Å². The summed E-state index contributed by atoms with van der Waals surface area (Å²) >= 11 is 7.82. The van der Waals surface area contributed by atoms with Gasteiger partial charge in [0.2, 0.25) is 5.91 Å². The number of fused-ring (bicyclic) bond motifs is 1. The minimum atomic E-state index is 0.0498. The summed E-state index contributed by atoms with van der Waals surface area (Å²) in [7, 11) is 4.12. The van der Waals surface area contributed by atoms with Gasteiger partial charge in [0.25, 0.3) is 0 Å². The van der Waals surface area contributed by atoms with Crippen molar-refractivity contribution in [1.29, 1.82) is 0 Å². The molecule has 1 amide bonds. The Balaban J connectivity index is 1.62. The first-order valence-electron chi connectivity index (χ1n) is 8.73. The minimum absolute atomic E-state index is 0.0498. The zero-order valence-corrected chi connectivity index (χ0v) is 16.2. The summed E-state index contributed by atoms with van der Waals surface area (Å²) in [4.78, 5) is 23.7. The molecule has 25 heavy (non-hydrogen) atoms. The third kappa shape index (κ3) is 3.11. The SMILES string of the molecule is CN1CCC2(CCC1=O)CN(c1nc3ccc(Cl)cc3s1)CCN2C. The average Bonchev–Trinajstić information content (AvgIpc) is 2.96. The molecule has 2 saturated heterocycles. The molecule has 0 N–H and O–H groups in total. The van der Waals surface area contributed by atoms with E-state index in [4.69, 9.17) is 16.6 Å². The summed E-state index contributed by atoms with van der Waals surface area (Å²) in [5.74, 6) is 0.261. The molecule has 7 heteroatoms. The normalized spacial score (nSPS) is 25.8. The molecule has 0 saturated carbocycles. The zero-order valence-electron chi connectivity index (χ0n) is 14.7. The molecule has 0 bridgehead atoms. The first-order chi connectivity index (χ1) is 12.0. The molecule has 1 unspecified atom stereocenters. The Kier molecular flexibility index (Phi) is 4.38. The van der Waals surface area contributed by atoms with E-state index < -0.39 is 0 Å². The van der Waals surface area contributed by atoms with Gasteiger partial charge in [-0.15, -0.1) is 0 Å². The lowest BCUT2D eigenvalue weighted by molar-refractivity contribution is -0.129. The van der Waals surface area contributed by atoms with Crippen LogP contribution in [0.5, 0.6) is 0 Å². The minimum Gasteiger partial charge on any atom is -0.346 e. The van der Waals surface area contributed by atoms with Gasteiger partial charge in [-0.05, 0) is 38.1 Å². The van der Waals surface area contributed by atoms with Crippen molar-refractivity contribution in [2.75, 3.05) is 45.2 Å². The van der Waals surface area contributed by atoms with Crippen LogP contribution >= 0.6 is 22.9 Å². The van der Waals surface area contributed by atoms with Crippen LogP contribution in [0.4, 0.5) is 5.13 Å². The fourth-order valence-electron chi connectivity index (χ4n) is 3.94. The van der Waals surface area contributed by atoms with Gasteiger partial charge in [-0.1, -0.05) is 22.9 Å². The summed E-state index contributed by atoms with van der Waals surface area (Å²) in [5, 5.41) is 1.82. The van der Waals surface area contributed by atoms with Crippen LogP contribution < -0.4 is 4.90 Å². The van der Waals surface area contributed by atoms with Crippen molar-refractivity contribution in [1.82, 2.24) is 14.8 Å². The van der Waals surface area contributed by atoms with E-state index in [1.807, 2.05) is 30.1 Å². The molecule has 2 aliphatic rings. The maximum absolute atomic E-state index is 12.1. The second-order valence-corrected chi connectivity index (χ2v) is 8.69. The second-order valence-electron chi connectivity index (χ2n) is 7.24. The van der Waals surface area contributed by atoms with Gasteiger partial charge in [0.1, 0.15) is 0 Å². The van der Waals surface area contributed by atoms with Gasteiger partial charge in [-0.25, -0.2) is 4.98 Å². The van der Waals surface area contributed by atoms with Gasteiger partial charge in [0.05, 0.1) is 10.2 Å². The first kappa shape index (κ1) is 17.1. The summed E-state index contributed by atoms with van der Waals surface area (Å²) < 4.78 is 1.13. The number of carbonyl (C=O) groups excluding carboxylic acids is 1. The Morgan fingerprint density at radius 2 is 2.04 bits per heavy atom. The fraction of sp³-hybridized carbons (Fsp3) is 0.556. The van der Waals surface area contributed by atoms with E-state index in [1.165, 1.54) is 0 Å². The predicted molar refractivity (Wildman–Crippen MR) is 104 cm³/mol. The second kappa shape index (κ2) is 6.41. The standard InChI is InChI=1S/C18H23ClN4OS/c1-21-8-7-18(6-5-16(21)24)12-23(10-9-22(18)2)17-20-14-4-3-13(19)11-15(14)25-17/h3-4,11H,5-10,12H2,1-2H3. The van der Waals surface area contributed by atoms with Crippen LogP contribution in [0.2, 0.25) is 5.02 Å². The number of anilines is 1. The van der Waals surface area contributed by atoms with E-state index in [0.29, 0.717) is 6.42 Å². The largest absolute Gasteiger partial charge is 0.346 e. The van der Waals surface area contributed by atoms with Crippen molar-refractivity contribution < 1.29 is 4.79 Å². The molecule has 2 aromatic rings. The van der Waals surface area contributed by atoms with Crippen LogP contribution in [0.1, 0.15) is 19.3 Å². The monoisotopic (exact) mass is 378 g/mol. The van der Waals surface area contributed by atoms with Gasteiger partial charge in [0.15, 0.2) is 5.13 Å². The van der Waals surface area contributed by atoms with Crippen molar-refractivity contribution in [3.05, 3.63) is 23.2 Å². The molecule has 4 rings (SSSR count). The number of rotatable bonds is 1. The highest BCUT2D eigenvalue weighted by molar-refractivity contribution is 7.22. The van der Waals surface area contributed by atoms with Crippen molar-refractivity contribution in [2.45, 2.75) is 24.8 Å². The lowest BCUT2D eigenvalue weighted by atomic mass is 9.86. The van der Waals surface area contributed by atoms with E-state index in [-0.39, 0.29) is 11.4 Å². The fourth-order valence-corrected chi connectivity index (χ4v) is 5.21. The number of likely N-dealkylation sites (N-methyl/N-ethyl adjacent to an activating group) is 1. The third-order valence-electron chi connectivity index (χ3n) is 5.75. The topological polar surface area (TPSA) is 39.7 Å². The van der Waals surface area contributed by atoms with Crippen LogP contribution in [0.25, 0.3) is 10.2 Å². The molecular formula is C18H23ClN4OS. The lowest BCUT2D eigenvalue weighted by Gasteiger charge is -2.49. The Bertz CT molecular complexity index is 809. The quantitative estimate of drug-likeness (QED) is 0.764. The number of halogens is 1. The smallest absolute Gasteiger partial charge is 0.222 e.